The minimum absolute atomic E-state index is 0.358. The van der Waals surface area contributed by atoms with E-state index in [9.17, 15) is 9.59 Å². The zero-order chi connectivity index (χ0) is 16.7. The summed E-state index contributed by atoms with van der Waals surface area (Å²) < 4.78 is 5.68. The van der Waals surface area contributed by atoms with Gasteiger partial charge in [-0.1, -0.05) is 12.5 Å². The second-order valence-electron chi connectivity index (χ2n) is 7.10. The van der Waals surface area contributed by atoms with Crippen LogP contribution in [0.4, 0.5) is 5.69 Å². The lowest BCUT2D eigenvalue weighted by Crippen LogP contribution is -2.45. The van der Waals surface area contributed by atoms with Crippen LogP contribution in [-0.4, -0.2) is 47.9 Å². The molecule has 2 N–H and O–H groups in total. The third kappa shape index (κ3) is 2.70. The molecule has 6 heteroatoms. The molecule has 0 unspecified atom stereocenters. The molecule has 0 bridgehead atoms. The first-order chi connectivity index (χ1) is 11.6. The average molecular weight is 329 g/mol. The van der Waals surface area contributed by atoms with Crippen molar-refractivity contribution in [1.82, 2.24) is 9.80 Å². The van der Waals surface area contributed by atoms with Crippen molar-refractivity contribution in [3.63, 3.8) is 0 Å². The summed E-state index contributed by atoms with van der Waals surface area (Å²) in [5, 5.41) is 0. The second-order valence-corrected chi connectivity index (χ2v) is 7.10. The molecule has 1 saturated heterocycles. The normalized spacial score (nSPS) is 25.7. The molecule has 1 aromatic rings. The molecule has 2 amide bonds. The predicted molar refractivity (Wildman–Crippen MR) is 89.2 cm³/mol. The van der Waals surface area contributed by atoms with Crippen molar-refractivity contribution in [2.75, 3.05) is 32.0 Å². The molecule has 24 heavy (non-hydrogen) atoms. The molecule has 0 radical (unpaired) electrons. The van der Waals surface area contributed by atoms with Crippen LogP contribution in [0.25, 0.3) is 0 Å². The first-order valence-corrected chi connectivity index (χ1v) is 8.71. The van der Waals surface area contributed by atoms with Gasteiger partial charge >= 0.3 is 11.8 Å². The molecule has 2 aliphatic heterocycles. The lowest BCUT2D eigenvalue weighted by molar-refractivity contribution is -0.151. The van der Waals surface area contributed by atoms with Crippen LogP contribution >= 0.6 is 0 Å². The Morgan fingerprint density at radius 1 is 1.08 bits per heavy atom. The van der Waals surface area contributed by atoms with Gasteiger partial charge in [0.05, 0.1) is 6.54 Å². The molecule has 2 fully saturated rings. The van der Waals surface area contributed by atoms with Gasteiger partial charge in [-0.2, -0.15) is 0 Å². The molecule has 1 saturated carbocycles. The number of hydrogen-bond donors (Lipinski definition) is 1. The number of benzene rings is 1. The number of nitrogens with zero attached hydrogens (tertiary/aromatic N) is 2. The average Bonchev–Trinajstić information content (AvgIpc) is 3.10. The standard InChI is InChI=1S/C18H23N3O3/c19-15-5-4-14-11-20(6-7-24-16(14)8-15)17(22)18(23)21-9-12-2-1-3-13(12)10-21/h4-5,8,12-13H,1-3,6-7,9-11,19H2/t12-,13+. The number of likely N-dealkylation sites (tertiary alicyclic amines) is 1. The minimum atomic E-state index is -0.414. The van der Waals surface area contributed by atoms with Crippen molar-refractivity contribution in [3.05, 3.63) is 23.8 Å². The van der Waals surface area contributed by atoms with Crippen LogP contribution in [0.2, 0.25) is 0 Å². The van der Waals surface area contributed by atoms with E-state index in [-0.39, 0.29) is 5.91 Å². The van der Waals surface area contributed by atoms with Crippen molar-refractivity contribution in [2.24, 2.45) is 11.8 Å². The lowest BCUT2D eigenvalue weighted by atomic mass is 10.0. The highest BCUT2D eigenvalue weighted by Crippen LogP contribution is 2.37. The molecule has 0 spiro atoms. The Labute approximate surface area is 141 Å². The molecule has 1 aromatic carbocycles. The van der Waals surface area contributed by atoms with Gasteiger partial charge in [0.25, 0.3) is 0 Å². The van der Waals surface area contributed by atoms with Gasteiger partial charge in [0.2, 0.25) is 0 Å². The van der Waals surface area contributed by atoms with Crippen molar-refractivity contribution < 1.29 is 14.3 Å². The summed E-state index contributed by atoms with van der Waals surface area (Å²) in [6.45, 7) is 2.67. The molecule has 3 aliphatic rings. The summed E-state index contributed by atoms with van der Waals surface area (Å²) >= 11 is 0. The zero-order valence-electron chi connectivity index (χ0n) is 13.7. The van der Waals surface area contributed by atoms with Gasteiger partial charge in [-0.3, -0.25) is 9.59 Å². The molecule has 6 nitrogen and oxygen atoms in total. The van der Waals surface area contributed by atoms with E-state index >= 15 is 0 Å². The smallest absolute Gasteiger partial charge is 0.312 e. The number of rotatable bonds is 0. The summed E-state index contributed by atoms with van der Waals surface area (Å²) in [4.78, 5) is 28.7. The summed E-state index contributed by atoms with van der Waals surface area (Å²) in [6, 6.07) is 5.42. The molecule has 4 rings (SSSR count). The summed E-state index contributed by atoms with van der Waals surface area (Å²) in [7, 11) is 0. The number of carbonyl (C=O) groups excluding carboxylic acids is 2. The third-order valence-electron chi connectivity index (χ3n) is 5.55. The van der Waals surface area contributed by atoms with Crippen LogP contribution < -0.4 is 10.5 Å². The maximum absolute atomic E-state index is 12.7. The number of hydrogen-bond acceptors (Lipinski definition) is 4. The largest absolute Gasteiger partial charge is 0.491 e. The van der Waals surface area contributed by atoms with E-state index < -0.39 is 5.91 Å². The van der Waals surface area contributed by atoms with Crippen LogP contribution in [-0.2, 0) is 16.1 Å². The number of carbonyl (C=O) groups is 2. The maximum atomic E-state index is 12.7. The van der Waals surface area contributed by atoms with Crippen LogP contribution in [0.15, 0.2) is 18.2 Å². The first kappa shape index (κ1) is 15.3. The quantitative estimate of drug-likeness (QED) is 0.574. The SMILES string of the molecule is Nc1ccc2c(c1)OCCN(C(=O)C(=O)N1C[C@H]3CCC[C@H]3C1)C2. The minimum Gasteiger partial charge on any atom is -0.491 e. The van der Waals surface area contributed by atoms with E-state index in [1.807, 2.05) is 6.07 Å². The predicted octanol–water partition coefficient (Wildman–Crippen LogP) is 1.25. The Bertz CT molecular complexity index is 663. The number of nitrogen functional groups attached to an aromatic ring is 1. The van der Waals surface area contributed by atoms with Crippen molar-refractivity contribution in [3.8, 4) is 5.75 Å². The molecular formula is C18H23N3O3. The Balaban J connectivity index is 1.46. The van der Waals surface area contributed by atoms with Crippen molar-refractivity contribution in [1.29, 1.82) is 0 Å². The fourth-order valence-corrected chi connectivity index (χ4v) is 4.23. The number of ether oxygens (including phenoxy) is 1. The molecule has 2 heterocycles. The number of fused-ring (bicyclic) bond motifs is 2. The zero-order valence-corrected chi connectivity index (χ0v) is 13.7. The van der Waals surface area contributed by atoms with E-state index in [4.69, 9.17) is 10.5 Å². The Hall–Kier alpha value is -2.24. The molecule has 2 atom stereocenters. The van der Waals surface area contributed by atoms with Gasteiger partial charge in [-0.05, 0) is 30.7 Å². The lowest BCUT2D eigenvalue weighted by Gasteiger charge is -2.23. The van der Waals surface area contributed by atoms with E-state index in [0.717, 1.165) is 18.7 Å². The Kier molecular flexibility index (Phi) is 3.82. The molecule has 128 valence electrons. The van der Waals surface area contributed by atoms with Gasteiger partial charge in [0.1, 0.15) is 12.4 Å². The van der Waals surface area contributed by atoms with Crippen LogP contribution in [0.1, 0.15) is 24.8 Å². The Morgan fingerprint density at radius 2 is 1.79 bits per heavy atom. The van der Waals surface area contributed by atoms with E-state index in [1.54, 1.807) is 21.9 Å². The van der Waals surface area contributed by atoms with Crippen LogP contribution in [0.3, 0.4) is 0 Å². The van der Waals surface area contributed by atoms with E-state index in [2.05, 4.69) is 0 Å². The highest BCUT2D eigenvalue weighted by Gasteiger charge is 2.40. The third-order valence-corrected chi connectivity index (χ3v) is 5.55. The summed E-state index contributed by atoms with van der Waals surface area (Å²) in [5.74, 6) is 1.12. The molecular weight excluding hydrogens is 306 g/mol. The van der Waals surface area contributed by atoms with E-state index in [0.29, 0.717) is 43.0 Å². The number of nitrogens with two attached hydrogens (primary N) is 1. The molecule has 0 aromatic heterocycles. The monoisotopic (exact) mass is 329 g/mol. The van der Waals surface area contributed by atoms with Gasteiger partial charge < -0.3 is 20.3 Å². The topological polar surface area (TPSA) is 75.9 Å². The van der Waals surface area contributed by atoms with Gasteiger partial charge in [0.15, 0.2) is 0 Å². The molecule has 1 aliphatic carbocycles. The van der Waals surface area contributed by atoms with Gasteiger partial charge in [-0.15, -0.1) is 0 Å². The van der Waals surface area contributed by atoms with Gasteiger partial charge in [0, 0.05) is 37.0 Å². The summed E-state index contributed by atoms with van der Waals surface area (Å²) in [6.07, 6.45) is 3.64. The van der Waals surface area contributed by atoms with Gasteiger partial charge in [-0.25, -0.2) is 0 Å². The summed E-state index contributed by atoms with van der Waals surface area (Å²) in [5.41, 5.74) is 7.30. The number of amides is 2. The second kappa shape index (κ2) is 6.00. The fraction of sp³-hybridized carbons (Fsp3) is 0.556. The fourth-order valence-electron chi connectivity index (χ4n) is 4.23. The highest BCUT2D eigenvalue weighted by atomic mass is 16.5. The Morgan fingerprint density at radius 3 is 2.54 bits per heavy atom. The van der Waals surface area contributed by atoms with Crippen LogP contribution in [0, 0.1) is 11.8 Å². The first-order valence-electron chi connectivity index (χ1n) is 8.71. The van der Waals surface area contributed by atoms with E-state index in [1.165, 1.54) is 19.3 Å². The van der Waals surface area contributed by atoms with Crippen LogP contribution in [0.5, 0.6) is 5.75 Å². The highest BCUT2D eigenvalue weighted by molar-refractivity contribution is 6.34. The number of anilines is 1. The maximum Gasteiger partial charge on any atom is 0.312 e. The van der Waals surface area contributed by atoms with Crippen molar-refractivity contribution in [2.45, 2.75) is 25.8 Å². The van der Waals surface area contributed by atoms with Crippen molar-refractivity contribution >= 4 is 17.5 Å².